The second-order valence-electron chi connectivity index (χ2n) is 7.42. The van der Waals surface area contributed by atoms with Crippen LogP contribution in [0.25, 0.3) is 0 Å². The molecule has 6 nitrogen and oxygen atoms in total. The lowest BCUT2D eigenvalue weighted by Gasteiger charge is -2.34. The van der Waals surface area contributed by atoms with Crippen LogP contribution in [0.4, 0.5) is 5.82 Å². The van der Waals surface area contributed by atoms with Gasteiger partial charge in [0.1, 0.15) is 5.82 Å². The second kappa shape index (κ2) is 7.78. The summed E-state index contributed by atoms with van der Waals surface area (Å²) in [5.74, 6) is 0.730. The molecule has 0 bridgehead atoms. The average Bonchev–Trinajstić information content (AvgIpc) is 2.63. The summed E-state index contributed by atoms with van der Waals surface area (Å²) in [5, 5.41) is 2.74. The van der Waals surface area contributed by atoms with Gasteiger partial charge in [-0.25, -0.2) is 13.4 Å². The van der Waals surface area contributed by atoms with Crippen LogP contribution in [0.15, 0.2) is 47.5 Å². The summed E-state index contributed by atoms with van der Waals surface area (Å²) < 4.78 is 27.6. The molecular weight excluding hydrogens is 362 g/mol. The number of sulfonamides is 1. The number of aromatic nitrogens is 1. The Bertz CT molecular complexity index is 933. The van der Waals surface area contributed by atoms with E-state index in [1.807, 2.05) is 13.0 Å². The van der Waals surface area contributed by atoms with Crippen LogP contribution in [0.2, 0.25) is 0 Å². The van der Waals surface area contributed by atoms with Gasteiger partial charge in [-0.05, 0) is 55.0 Å². The van der Waals surface area contributed by atoms with Crippen LogP contribution in [-0.4, -0.2) is 36.7 Å². The lowest BCUT2D eigenvalue weighted by molar-refractivity contribution is 0.102. The number of nitrogens with one attached hydrogen (secondary N) is 1. The third-order valence-corrected chi connectivity index (χ3v) is 6.64. The van der Waals surface area contributed by atoms with E-state index in [1.165, 1.54) is 10.4 Å². The molecule has 1 fully saturated rings. The number of anilines is 1. The van der Waals surface area contributed by atoms with E-state index in [4.69, 9.17) is 0 Å². The highest BCUT2D eigenvalue weighted by atomic mass is 32.2. The van der Waals surface area contributed by atoms with E-state index in [1.54, 1.807) is 30.5 Å². The number of hydrogen-bond donors (Lipinski definition) is 1. The lowest BCUT2D eigenvalue weighted by Crippen LogP contribution is -2.42. The average molecular weight is 388 g/mol. The van der Waals surface area contributed by atoms with Crippen molar-refractivity contribution in [2.45, 2.75) is 32.1 Å². The molecule has 1 aliphatic rings. The number of carbonyl (C=O) groups excluding carboxylic acids is 1. The first-order valence-electron chi connectivity index (χ1n) is 9.10. The minimum Gasteiger partial charge on any atom is -0.306 e. The topological polar surface area (TPSA) is 79.4 Å². The van der Waals surface area contributed by atoms with Crippen molar-refractivity contribution in [1.29, 1.82) is 0 Å². The number of aryl methyl sites for hydroxylation is 1. The molecule has 0 spiro atoms. The van der Waals surface area contributed by atoms with Crippen molar-refractivity contribution >= 4 is 21.7 Å². The number of rotatable bonds is 4. The molecule has 7 heteroatoms. The largest absolute Gasteiger partial charge is 0.306 e. The molecule has 1 aliphatic heterocycles. The van der Waals surface area contributed by atoms with Gasteiger partial charge in [-0.2, -0.15) is 4.31 Å². The van der Waals surface area contributed by atoms with Gasteiger partial charge >= 0.3 is 0 Å². The van der Waals surface area contributed by atoms with Gasteiger partial charge < -0.3 is 5.32 Å². The van der Waals surface area contributed by atoms with Crippen LogP contribution in [0.5, 0.6) is 0 Å². The van der Waals surface area contributed by atoms with E-state index in [9.17, 15) is 13.2 Å². The lowest BCUT2D eigenvalue weighted by atomic mass is 9.94. The van der Waals surface area contributed by atoms with Crippen molar-refractivity contribution in [3.05, 3.63) is 53.7 Å². The standard InChI is InChI=1S/C20H25N3O3S/c1-14-10-15(2)13-23(12-14)27(25,26)18-8-4-7-17(11-18)20(24)22-19-16(3)6-5-9-21-19/h4-9,11,14-15H,10,12-13H2,1-3H3,(H,21,22,24)/t14-,15-/m0/s1. The van der Waals surface area contributed by atoms with Gasteiger partial charge in [-0.15, -0.1) is 0 Å². The third kappa shape index (κ3) is 4.36. The number of pyridine rings is 1. The molecule has 0 unspecified atom stereocenters. The monoisotopic (exact) mass is 387 g/mol. The number of amides is 1. The number of piperidine rings is 1. The summed E-state index contributed by atoms with van der Waals surface area (Å²) in [7, 11) is -3.63. The van der Waals surface area contributed by atoms with Crippen LogP contribution in [0, 0.1) is 18.8 Å². The maximum Gasteiger partial charge on any atom is 0.256 e. The van der Waals surface area contributed by atoms with Crippen LogP contribution < -0.4 is 5.32 Å². The molecule has 0 saturated carbocycles. The Morgan fingerprint density at radius 3 is 2.52 bits per heavy atom. The smallest absolute Gasteiger partial charge is 0.256 e. The van der Waals surface area contributed by atoms with Gasteiger partial charge in [-0.1, -0.05) is 26.0 Å². The Hall–Kier alpha value is -2.25. The molecule has 0 radical (unpaired) electrons. The van der Waals surface area contributed by atoms with E-state index in [2.05, 4.69) is 24.1 Å². The Morgan fingerprint density at radius 2 is 1.85 bits per heavy atom. The van der Waals surface area contributed by atoms with E-state index in [-0.39, 0.29) is 10.8 Å². The van der Waals surface area contributed by atoms with E-state index in [0.29, 0.717) is 36.3 Å². The highest BCUT2D eigenvalue weighted by Gasteiger charge is 2.32. The molecule has 27 heavy (non-hydrogen) atoms. The Labute approximate surface area is 160 Å². The van der Waals surface area contributed by atoms with Gasteiger partial charge in [0.2, 0.25) is 10.0 Å². The molecular formula is C20H25N3O3S. The zero-order chi connectivity index (χ0) is 19.6. The summed E-state index contributed by atoms with van der Waals surface area (Å²) in [6.07, 6.45) is 2.63. The Balaban J connectivity index is 1.84. The number of nitrogens with zero attached hydrogens (tertiary/aromatic N) is 2. The van der Waals surface area contributed by atoms with Crippen LogP contribution >= 0.6 is 0 Å². The molecule has 1 amide bonds. The fraction of sp³-hybridized carbons (Fsp3) is 0.400. The molecule has 2 heterocycles. The van der Waals surface area contributed by atoms with E-state index in [0.717, 1.165) is 12.0 Å². The second-order valence-corrected chi connectivity index (χ2v) is 9.36. The fourth-order valence-corrected chi connectivity index (χ4v) is 5.27. The summed E-state index contributed by atoms with van der Waals surface area (Å²) in [6, 6.07) is 9.83. The molecule has 1 N–H and O–H groups in total. The molecule has 3 rings (SSSR count). The molecule has 1 aromatic carbocycles. The van der Waals surface area contributed by atoms with Crippen molar-refractivity contribution in [3.8, 4) is 0 Å². The minimum atomic E-state index is -3.63. The maximum absolute atomic E-state index is 13.0. The van der Waals surface area contributed by atoms with Gasteiger partial charge in [0.25, 0.3) is 5.91 Å². The number of hydrogen-bond acceptors (Lipinski definition) is 4. The first-order valence-corrected chi connectivity index (χ1v) is 10.5. The van der Waals surface area contributed by atoms with E-state index < -0.39 is 10.0 Å². The predicted octanol–water partition coefficient (Wildman–Crippen LogP) is 3.31. The SMILES string of the molecule is Cc1cccnc1NC(=O)c1cccc(S(=O)(=O)N2C[C@@H](C)C[C@H](C)C2)c1. The number of benzene rings is 1. The van der Waals surface area contributed by atoms with Crippen LogP contribution in [-0.2, 0) is 10.0 Å². The quantitative estimate of drug-likeness (QED) is 0.873. The fourth-order valence-electron chi connectivity index (χ4n) is 3.55. The van der Waals surface area contributed by atoms with Crippen molar-refractivity contribution < 1.29 is 13.2 Å². The van der Waals surface area contributed by atoms with Crippen LogP contribution in [0.1, 0.15) is 36.2 Å². The predicted molar refractivity (Wildman–Crippen MR) is 105 cm³/mol. The van der Waals surface area contributed by atoms with Crippen LogP contribution in [0.3, 0.4) is 0 Å². The zero-order valence-electron chi connectivity index (χ0n) is 15.8. The van der Waals surface area contributed by atoms with Crippen molar-refractivity contribution in [1.82, 2.24) is 9.29 Å². The zero-order valence-corrected chi connectivity index (χ0v) is 16.7. The number of carbonyl (C=O) groups is 1. The van der Waals surface area contributed by atoms with E-state index >= 15 is 0 Å². The molecule has 2 aromatic rings. The summed E-state index contributed by atoms with van der Waals surface area (Å²) in [6.45, 7) is 7.00. The highest BCUT2D eigenvalue weighted by Crippen LogP contribution is 2.27. The first kappa shape index (κ1) is 19.5. The summed E-state index contributed by atoms with van der Waals surface area (Å²) in [4.78, 5) is 16.9. The minimum absolute atomic E-state index is 0.147. The Morgan fingerprint density at radius 1 is 1.15 bits per heavy atom. The molecule has 2 atom stereocenters. The van der Waals surface area contributed by atoms with Gasteiger partial charge in [0, 0.05) is 24.8 Å². The highest BCUT2D eigenvalue weighted by molar-refractivity contribution is 7.89. The summed E-state index contributed by atoms with van der Waals surface area (Å²) in [5.41, 5.74) is 1.13. The van der Waals surface area contributed by atoms with Crippen molar-refractivity contribution in [2.75, 3.05) is 18.4 Å². The van der Waals surface area contributed by atoms with Gasteiger partial charge in [0.15, 0.2) is 0 Å². The van der Waals surface area contributed by atoms with Crippen molar-refractivity contribution in [3.63, 3.8) is 0 Å². The Kier molecular flexibility index (Phi) is 5.62. The maximum atomic E-state index is 13.0. The van der Waals surface area contributed by atoms with Crippen molar-refractivity contribution in [2.24, 2.45) is 11.8 Å². The first-order chi connectivity index (χ1) is 12.8. The normalized spacial score (nSPS) is 21.0. The molecule has 1 aromatic heterocycles. The summed E-state index contributed by atoms with van der Waals surface area (Å²) >= 11 is 0. The van der Waals surface area contributed by atoms with Gasteiger partial charge in [0.05, 0.1) is 4.90 Å². The van der Waals surface area contributed by atoms with Gasteiger partial charge in [-0.3, -0.25) is 4.79 Å². The molecule has 1 saturated heterocycles. The molecule has 0 aliphatic carbocycles. The third-order valence-electron chi connectivity index (χ3n) is 4.81. The molecule has 144 valence electrons.